The van der Waals surface area contributed by atoms with Crippen molar-refractivity contribution in [2.24, 2.45) is 0 Å². The molecule has 4 heterocycles. The lowest BCUT2D eigenvalue weighted by atomic mass is 9.80. The van der Waals surface area contributed by atoms with Gasteiger partial charge in [0.05, 0.1) is 12.3 Å². The molecule has 4 aromatic rings. The van der Waals surface area contributed by atoms with Crippen LogP contribution in [0.5, 0.6) is 0 Å². The van der Waals surface area contributed by atoms with Crippen molar-refractivity contribution in [3.63, 3.8) is 0 Å². The summed E-state index contributed by atoms with van der Waals surface area (Å²) >= 11 is 0. The number of ether oxygens (including phenoxy) is 1. The fourth-order valence-electron chi connectivity index (χ4n) is 6.14. The van der Waals surface area contributed by atoms with Crippen LogP contribution in [0.2, 0.25) is 0 Å². The Labute approximate surface area is 205 Å². The standard InChI is InChI=1S/C29H31N3O3/c1-20-27(32-28(33)24-7-3-4-8-25(24)29(32)34-2)23(22-10-9-21-12-18-35-26(21)19-22)11-15-31(20)17-16-30-13-5-6-14-30/h3-10,12-14,18-20,23,27,29H,11,15-17H2,1-2H3. The molecule has 6 nitrogen and oxygen atoms in total. The molecule has 1 amide bonds. The number of furan rings is 1. The third-order valence-corrected chi connectivity index (χ3v) is 7.92. The maximum absolute atomic E-state index is 13.8. The van der Waals surface area contributed by atoms with E-state index in [9.17, 15) is 4.79 Å². The minimum absolute atomic E-state index is 0.0364. The summed E-state index contributed by atoms with van der Waals surface area (Å²) in [6, 6.07) is 20.6. The van der Waals surface area contributed by atoms with Crippen molar-refractivity contribution < 1.29 is 13.9 Å². The summed E-state index contributed by atoms with van der Waals surface area (Å²) in [6.45, 7) is 5.10. The summed E-state index contributed by atoms with van der Waals surface area (Å²) in [5.41, 5.74) is 3.81. The van der Waals surface area contributed by atoms with Crippen molar-refractivity contribution >= 4 is 16.9 Å². The molecule has 1 saturated heterocycles. The van der Waals surface area contributed by atoms with Gasteiger partial charge in [0.2, 0.25) is 0 Å². The van der Waals surface area contributed by atoms with Crippen LogP contribution in [0.4, 0.5) is 0 Å². The van der Waals surface area contributed by atoms with E-state index in [2.05, 4.69) is 59.1 Å². The van der Waals surface area contributed by atoms with E-state index in [1.165, 1.54) is 5.56 Å². The third-order valence-electron chi connectivity index (χ3n) is 7.92. The number of methoxy groups -OCH3 is 1. The molecule has 0 saturated carbocycles. The van der Waals surface area contributed by atoms with Gasteiger partial charge in [-0.05, 0) is 55.8 Å². The lowest BCUT2D eigenvalue weighted by Gasteiger charge is -2.49. The summed E-state index contributed by atoms with van der Waals surface area (Å²) in [5.74, 6) is 0.235. The van der Waals surface area contributed by atoms with Crippen LogP contribution in [0.15, 0.2) is 83.7 Å². The van der Waals surface area contributed by atoms with E-state index in [1.54, 1.807) is 13.4 Å². The molecule has 6 heteroatoms. The van der Waals surface area contributed by atoms with Gasteiger partial charge < -0.3 is 18.6 Å². The lowest BCUT2D eigenvalue weighted by molar-refractivity contribution is -0.0644. The van der Waals surface area contributed by atoms with Gasteiger partial charge in [0.15, 0.2) is 6.23 Å². The van der Waals surface area contributed by atoms with Gasteiger partial charge >= 0.3 is 0 Å². The van der Waals surface area contributed by atoms with Gasteiger partial charge in [-0.15, -0.1) is 0 Å². The first-order valence-electron chi connectivity index (χ1n) is 12.4. The van der Waals surface area contributed by atoms with E-state index in [-0.39, 0.29) is 30.1 Å². The number of hydrogen-bond acceptors (Lipinski definition) is 4. The molecule has 2 aliphatic heterocycles. The van der Waals surface area contributed by atoms with Crippen molar-refractivity contribution in [2.45, 2.75) is 44.1 Å². The molecule has 35 heavy (non-hydrogen) atoms. The van der Waals surface area contributed by atoms with Crippen LogP contribution in [0.25, 0.3) is 11.0 Å². The zero-order valence-corrected chi connectivity index (χ0v) is 20.2. The van der Waals surface area contributed by atoms with Crippen LogP contribution < -0.4 is 0 Å². The van der Waals surface area contributed by atoms with Crippen molar-refractivity contribution in [3.05, 3.63) is 96.0 Å². The highest BCUT2D eigenvalue weighted by Gasteiger charge is 2.48. The molecular formula is C29H31N3O3. The number of benzene rings is 2. The van der Waals surface area contributed by atoms with Gasteiger partial charge in [-0.1, -0.05) is 30.3 Å². The molecule has 1 fully saturated rings. The van der Waals surface area contributed by atoms with E-state index in [0.717, 1.165) is 48.2 Å². The number of fused-ring (bicyclic) bond motifs is 2. The Morgan fingerprint density at radius 3 is 2.69 bits per heavy atom. The second kappa shape index (κ2) is 9.02. The predicted octanol–water partition coefficient (Wildman–Crippen LogP) is 5.28. The molecule has 2 aromatic heterocycles. The average molecular weight is 470 g/mol. The summed E-state index contributed by atoms with van der Waals surface area (Å²) in [7, 11) is 1.70. The van der Waals surface area contributed by atoms with E-state index in [0.29, 0.717) is 0 Å². The van der Waals surface area contributed by atoms with Crippen molar-refractivity contribution in [1.82, 2.24) is 14.4 Å². The first kappa shape index (κ1) is 22.1. The fraction of sp³-hybridized carbons (Fsp3) is 0.345. The highest BCUT2D eigenvalue weighted by molar-refractivity contribution is 5.99. The summed E-state index contributed by atoms with van der Waals surface area (Å²) in [4.78, 5) is 18.3. The van der Waals surface area contributed by atoms with Crippen molar-refractivity contribution in [1.29, 1.82) is 0 Å². The zero-order valence-electron chi connectivity index (χ0n) is 20.2. The first-order valence-corrected chi connectivity index (χ1v) is 12.4. The number of aromatic nitrogens is 1. The van der Waals surface area contributed by atoms with Gasteiger partial charge in [-0.3, -0.25) is 9.69 Å². The van der Waals surface area contributed by atoms with Crippen LogP contribution in [-0.4, -0.2) is 52.6 Å². The molecule has 2 aromatic carbocycles. The number of amides is 1. The molecular weight excluding hydrogens is 438 g/mol. The quantitative estimate of drug-likeness (QED) is 0.385. The van der Waals surface area contributed by atoms with Gasteiger partial charge in [-0.2, -0.15) is 0 Å². The Balaban J connectivity index is 1.38. The summed E-state index contributed by atoms with van der Waals surface area (Å²) in [5, 5.41) is 1.10. The van der Waals surface area contributed by atoms with Crippen molar-refractivity contribution in [3.8, 4) is 0 Å². The Hall–Kier alpha value is -3.35. The molecule has 0 bridgehead atoms. The van der Waals surface area contributed by atoms with Gasteiger partial charge in [-0.25, -0.2) is 0 Å². The molecule has 6 rings (SSSR count). The number of carbonyl (C=O) groups excluding carboxylic acids is 1. The molecule has 0 aliphatic carbocycles. The number of piperidine rings is 1. The smallest absolute Gasteiger partial charge is 0.256 e. The monoisotopic (exact) mass is 469 g/mol. The van der Waals surface area contributed by atoms with E-state index < -0.39 is 0 Å². The summed E-state index contributed by atoms with van der Waals surface area (Å²) in [6.07, 6.45) is 6.53. The third kappa shape index (κ3) is 3.77. The molecule has 0 radical (unpaired) electrons. The number of likely N-dealkylation sites (tertiary alicyclic amines) is 1. The minimum Gasteiger partial charge on any atom is -0.464 e. The topological polar surface area (TPSA) is 50.9 Å². The largest absolute Gasteiger partial charge is 0.464 e. The highest BCUT2D eigenvalue weighted by Crippen LogP contribution is 2.44. The maximum atomic E-state index is 13.8. The SMILES string of the molecule is COC1c2ccccc2C(=O)N1C1C(c2ccc3ccoc3c2)CCN(CCn2cccc2)C1C. The van der Waals surface area contributed by atoms with Crippen LogP contribution in [0.3, 0.4) is 0 Å². The van der Waals surface area contributed by atoms with E-state index in [4.69, 9.17) is 9.15 Å². The molecule has 4 unspecified atom stereocenters. The molecule has 180 valence electrons. The maximum Gasteiger partial charge on any atom is 0.256 e. The Kier molecular flexibility index (Phi) is 5.71. The van der Waals surface area contributed by atoms with Crippen LogP contribution in [0.1, 0.15) is 47.0 Å². The fourth-order valence-corrected chi connectivity index (χ4v) is 6.14. The Morgan fingerprint density at radius 1 is 1.03 bits per heavy atom. The second-order valence-corrected chi connectivity index (χ2v) is 9.69. The Bertz CT molecular complexity index is 1330. The summed E-state index contributed by atoms with van der Waals surface area (Å²) < 4.78 is 13.9. The number of hydrogen-bond donors (Lipinski definition) is 0. The number of carbonyl (C=O) groups is 1. The molecule has 4 atom stereocenters. The predicted molar refractivity (Wildman–Crippen MR) is 135 cm³/mol. The average Bonchev–Trinajstić information content (AvgIpc) is 3.63. The van der Waals surface area contributed by atoms with Crippen LogP contribution in [-0.2, 0) is 11.3 Å². The van der Waals surface area contributed by atoms with Gasteiger partial charge in [0.25, 0.3) is 5.91 Å². The normalized spacial score (nSPS) is 24.9. The highest BCUT2D eigenvalue weighted by atomic mass is 16.5. The first-order chi connectivity index (χ1) is 17.2. The lowest BCUT2D eigenvalue weighted by Crippen LogP contribution is -2.58. The zero-order chi connectivity index (χ0) is 23.9. The van der Waals surface area contributed by atoms with Gasteiger partial charge in [0, 0.05) is 61.1 Å². The van der Waals surface area contributed by atoms with Crippen LogP contribution in [0, 0.1) is 0 Å². The molecule has 0 N–H and O–H groups in total. The number of nitrogens with zero attached hydrogens (tertiary/aromatic N) is 3. The molecule has 0 spiro atoms. The minimum atomic E-state index is -0.384. The number of rotatable bonds is 6. The van der Waals surface area contributed by atoms with Gasteiger partial charge in [0.1, 0.15) is 5.58 Å². The molecule has 2 aliphatic rings. The van der Waals surface area contributed by atoms with E-state index in [1.807, 2.05) is 35.2 Å². The Morgan fingerprint density at radius 2 is 1.86 bits per heavy atom. The second-order valence-electron chi connectivity index (χ2n) is 9.69. The van der Waals surface area contributed by atoms with Crippen LogP contribution >= 0.6 is 0 Å². The van der Waals surface area contributed by atoms with Crippen molar-refractivity contribution in [2.75, 3.05) is 20.2 Å². The van der Waals surface area contributed by atoms with E-state index >= 15 is 0 Å².